The maximum Gasteiger partial charge on any atom is 0.335 e. The second-order valence-corrected chi connectivity index (χ2v) is 5.54. The van der Waals surface area contributed by atoms with Crippen LogP contribution in [-0.4, -0.2) is 29.7 Å². The molecule has 1 fully saturated rings. The molecule has 2 aliphatic heterocycles. The third kappa shape index (κ3) is 2.42. The van der Waals surface area contributed by atoms with E-state index in [2.05, 4.69) is 10.2 Å². The first-order valence-corrected chi connectivity index (χ1v) is 7.15. The van der Waals surface area contributed by atoms with Crippen molar-refractivity contribution in [3.63, 3.8) is 0 Å². The van der Waals surface area contributed by atoms with E-state index in [-0.39, 0.29) is 17.3 Å². The molecule has 0 saturated heterocycles. The highest BCUT2D eigenvalue weighted by Crippen LogP contribution is 2.38. The molecular weight excluding hydrogens is 283 g/mol. The highest BCUT2D eigenvalue weighted by molar-refractivity contribution is 6.29. The van der Waals surface area contributed by atoms with Crippen molar-refractivity contribution in [2.24, 2.45) is 0 Å². The summed E-state index contributed by atoms with van der Waals surface area (Å²) in [5, 5.41) is 2.99. The standard InChI is InChI=1S/C14H16ClFN2O2/c1-2-20-14(19)9-5-8-6-11(16)12(15)17-13(8)18(7-9)10-3-4-10/h6-7,10,13,17H,2-5H2,1H3. The van der Waals surface area contributed by atoms with E-state index in [9.17, 15) is 9.18 Å². The van der Waals surface area contributed by atoms with Gasteiger partial charge in [0.15, 0.2) is 5.83 Å². The largest absolute Gasteiger partial charge is 0.463 e. The third-order valence-corrected chi connectivity index (χ3v) is 3.93. The molecular formula is C14H16ClFN2O2. The van der Waals surface area contributed by atoms with Crippen LogP contribution in [0.1, 0.15) is 26.2 Å². The minimum atomic E-state index is -0.487. The lowest BCUT2D eigenvalue weighted by molar-refractivity contribution is -0.138. The predicted molar refractivity (Wildman–Crippen MR) is 73.2 cm³/mol. The van der Waals surface area contributed by atoms with E-state index in [0.717, 1.165) is 18.4 Å². The molecule has 20 heavy (non-hydrogen) atoms. The predicted octanol–water partition coefficient (Wildman–Crippen LogP) is 2.53. The van der Waals surface area contributed by atoms with Crippen LogP contribution >= 0.6 is 11.6 Å². The minimum absolute atomic E-state index is 0.0254. The summed E-state index contributed by atoms with van der Waals surface area (Å²) in [5.41, 5.74) is 1.37. The lowest BCUT2D eigenvalue weighted by atomic mass is 9.96. The number of hydrogen-bond acceptors (Lipinski definition) is 4. The number of ether oxygens (including phenoxy) is 1. The lowest BCUT2D eigenvalue weighted by Crippen LogP contribution is -2.48. The number of nitrogens with one attached hydrogen (secondary N) is 1. The van der Waals surface area contributed by atoms with Crippen LogP contribution in [-0.2, 0) is 9.53 Å². The molecule has 1 atom stereocenters. The summed E-state index contributed by atoms with van der Waals surface area (Å²) in [6, 6.07) is 0.381. The monoisotopic (exact) mass is 298 g/mol. The highest BCUT2D eigenvalue weighted by Gasteiger charge is 2.39. The number of rotatable bonds is 3. The van der Waals surface area contributed by atoms with Gasteiger partial charge in [0, 0.05) is 18.7 Å². The number of nitrogens with zero attached hydrogens (tertiary/aromatic N) is 1. The normalized spacial score (nSPS) is 25.6. The average Bonchev–Trinajstić information content (AvgIpc) is 3.23. The van der Waals surface area contributed by atoms with E-state index >= 15 is 0 Å². The summed E-state index contributed by atoms with van der Waals surface area (Å²) >= 11 is 5.84. The Hall–Kier alpha value is -1.49. The van der Waals surface area contributed by atoms with Gasteiger partial charge in [-0.05, 0) is 31.4 Å². The first-order chi connectivity index (χ1) is 9.60. The van der Waals surface area contributed by atoms with Crippen molar-refractivity contribution in [1.82, 2.24) is 10.2 Å². The van der Waals surface area contributed by atoms with E-state index in [4.69, 9.17) is 16.3 Å². The molecule has 1 saturated carbocycles. The minimum Gasteiger partial charge on any atom is -0.463 e. The zero-order chi connectivity index (χ0) is 14.3. The summed E-state index contributed by atoms with van der Waals surface area (Å²) in [6.07, 6.45) is 5.62. The molecule has 6 heteroatoms. The van der Waals surface area contributed by atoms with Gasteiger partial charge in [-0.1, -0.05) is 11.6 Å². The van der Waals surface area contributed by atoms with E-state index in [0.29, 0.717) is 24.6 Å². The number of dihydropyridines is 1. The van der Waals surface area contributed by atoms with Crippen molar-refractivity contribution in [2.75, 3.05) is 6.61 Å². The zero-order valence-corrected chi connectivity index (χ0v) is 11.9. The fourth-order valence-electron chi connectivity index (χ4n) is 2.56. The maximum absolute atomic E-state index is 13.6. The molecule has 0 aromatic heterocycles. The van der Waals surface area contributed by atoms with Gasteiger partial charge in [-0.2, -0.15) is 0 Å². The first-order valence-electron chi connectivity index (χ1n) is 6.77. The molecule has 1 unspecified atom stereocenters. The Bertz CT molecular complexity index is 537. The van der Waals surface area contributed by atoms with E-state index in [1.165, 1.54) is 6.08 Å². The van der Waals surface area contributed by atoms with Gasteiger partial charge < -0.3 is 15.0 Å². The number of carbonyl (C=O) groups excluding carboxylic acids is 1. The van der Waals surface area contributed by atoms with Gasteiger partial charge in [-0.3, -0.25) is 0 Å². The Labute approximate surface area is 121 Å². The lowest BCUT2D eigenvalue weighted by Gasteiger charge is -2.39. The van der Waals surface area contributed by atoms with E-state index < -0.39 is 5.83 Å². The fraction of sp³-hybridized carbons (Fsp3) is 0.500. The van der Waals surface area contributed by atoms with Crippen LogP contribution in [0.4, 0.5) is 4.39 Å². The molecule has 4 nitrogen and oxygen atoms in total. The SMILES string of the molecule is CCOC(=O)C1=CN(C2CC2)C2NC(Cl)=C(F)C=C2C1. The molecule has 0 aromatic rings. The maximum atomic E-state index is 13.6. The van der Waals surface area contributed by atoms with Gasteiger partial charge in [0.05, 0.1) is 12.2 Å². The fourth-order valence-corrected chi connectivity index (χ4v) is 2.72. The molecule has 0 spiro atoms. The van der Waals surface area contributed by atoms with Gasteiger partial charge in [0.25, 0.3) is 0 Å². The van der Waals surface area contributed by atoms with Crippen LogP contribution in [0, 0.1) is 0 Å². The van der Waals surface area contributed by atoms with Crippen molar-refractivity contribution in [2.45, 2.75) is 38.4 Å². The van der Waals surface area contributed by atoms with Crippen LogP contribution in [0.15, 0.2) is 34.4 Å². The molecule has 2 heterocycles. The topological polar surface area (TPSA) is 41.6 Å². The third-order valence-electron chi connectivity index (χ3n) is 3.64. The van der Waals surface area contributed by atoms with Crippen molar-refractivity contribution in [3.8, 4) is 0 Å². The van der Waals surface area contributed by atoms with Crippen LogP contribution in [0.2, 0.25) is 0 Å². The Balaban J connectivity index is 1.91. The molecule has 3 aliphatic rings. The van der Waals surface area contributed by atoms with Gasteiger partial charge >= 0.3 is 5.97 Å². The van der Waals surface area contributed by atoms with Crippen LogP contribution < -0.4 is 5.32 Å². The quantitative estimate of drug-likeness (QED) is 0.642. The molecule has 3 rings (SSSR count). The van der Waals surface area contributed by atoms with Crippen molar-refractivity contribution >= 4 is 17.6 Å². The Morgan fingerprint density at radius 1 is 1.60 bits per heavy atom. The summed E-state index contributed by atoms with van der Waals surface area (Å²) in [7, 11) is 0. The summed E-state index contributed by atoms with van der Waals surface area (Å²) in [6.45, 7) is 2.10. The first kappa shape index (κ1) is 13.5. The molecule has 1 N–H and O–H groups in total. The summed E-state index contributed by atoms with van der Waals surface area (Å²) < 4.78 is 18.7. The number of hydrogen-bond donors (Lipinski definition) is 1. The Morgan fingerprint density at radius 3 is 3.00 bits per heavy atom. The average molecular weight is 299 g/mol. The Kier molecular flexibility index (Phi) is 3.46. The van der Waals surface area contributed by atoms with Crippen molar-refractivity contribution in [1.29, 1.82) is 0 Å². The zero-order valence-electron chi connectivity index (χ0n) is 11.2. The van der Waals surface area contributed by atoms with Crippen molar-refractivity contribution < 1.29 is 13.9 Å². The molecule has 0 radical (unpaired) electrons. The number of carbonyl (C=O) groups is 1. The smallest absolute Gasteiger partial charge is 0.335 e. The summed E-state index contributed by atoms with van der Waals surface area (Å²) in [4.78, 5) is 14.0. The van der Waals surface area contributed by atoms with Gasteiger partial charge in [-0.25, -0.2) is 9.18 Å². The number of fused-ring (bicyclic) bond motifs is 1. The molecule has 1 aliphatic carbocycles. The second kappa shape index (κ2) is 5.13. The second-order valence-electron chi connectivity index (χ2n) is 5.16. The van der Waals surface area contributed by atoms with Crippen LogP contribution in [0.3, 0.4) is 0 Å². The summed E-state index contributed by atoms with van der Waals surface area (Å²) in [5.74, 6) is -0.822. The number of halogens is 2. The molecule has 0 aromatic carbocycles. The highest BCUT2D eigenvalue weighted by atomic mass is 35.5. The molecule has 0 amide bonds. The molecule has 108 valence electrons. The Morgan fingerprint density at radius 2 is 2.35 bits per heavy atom. The molecule has 0 bridgehead atoms. The number of esters is 1. The van der Waals surface area contributed by atoms with Gasteiger partial charge in [-0.15, -0.1) is 0 Å². The van der Waals surface area contributed by atoms with Gasteiger partial charge in [0.1, 0.15) is 11.3 Å². The van der Waals surface area contributed by atoms with E-state index in [1.54, 1.807) is 6.92 Å². The van der Waals surface area contributed by atoms with Gasteiger partial charge in [0.2, 0.25) is 0 Å². The van der Waals surface area contributed by atoms with Crippen LogP contribution in [0.5, 0.6) is 0 Å². The van der Waals surface area contributed by atoms with Crippen LogP contribution in [0.25, 0.3) is 0 Å². The van der Waals surface area contributed by atoms with Crippen molar-refractivity contribution in [3.05, 3.63) is 34.4 Å². The number of allylic oxidation sites excluding steroid dienone is 2. The van der Waals surface area contributed by atoms with E-state index in [1.807, 2.05) is 6.20 Å².